The summed E-state index contributed by atoms with van der Waals surface area (Å²) in [5.41, 5.74) is 8.72. The number of pyridine rings is 1. The van der Waals surface area contributed by atoms with Gasteiger partial charge in [0.2, 0.25) is 0 Å². The monoisotopic (exact) mass is 532 g/mol. The van der Waals surface area contributed by atoms with Crippen LogP contribution >= 0.6 is 34.4 Å². The van der Waals surface area contributed by atoms with Crippen molar-refractivity contribution in [2.45, 2.75) is 18.0 Å². The number of aromatic nitrogens is 3. The van der Waals surface area contributed by atoms with E-state index in [1.807, 2.05) is 22.9 Å². The molecule has 0 radical (unpaired) electrons. The molecule has 1 unspecified atom stereocenters. The molecule has 0 bridgehead atoms. The zero-order valence-corrected chi connectivity index (χ0v) is 20.5. The predicted molar refractivity (Wildman–Crippen MR) is 130 cm³/mol. The van der Waals surface area contributed by atoms with Gasteiger partial charge in [0.25, 0.3) is 11.8 Å². The molecule has 2 atom stereocenters. The molecule has 2 aliphatic heterocycles. The molecule has 1 fully saturated rings. The molecule has 1 saturated heterocycles. The van der Waals surface area contributed by atoms with Crippen LogP contribution in [-0.2, 0) is 25.8 Å². The van der Waals surface area contributed by atoms with Crippen molar-refractivity contribution < 1.29 is 28.9 Å². The highest BCUT2D eigenvalue weighted by Gasteiger charge is 2.54. The number of aliphatic carboxylic acids is 1. The van der Waals surface area contributed by atoms with Gasteiger partial charge in [0.15, 0.2) is 16.4 Å². The lowest BCUT2D eigenvalue weighted by atomic mass is 10.0. The van der Waals surface area contributed by atoms with Crippen molar-refractivity contribution in [3.05, 3.63) is 46.2 Å². The van der Waals surface area contributed by atoms with E-state index in [0.717, 1.165) is 21.7 Å². The second kappa shape index (κ2) is 9.24. The Bertz CT molecular complexity index is 1410. The summed E-state index contributed by atoms with van der Waals surface area (Å²) in [5, 5.41) is 17.5. The van der Waals surface area contributed by atoms with Crippen molar-refractivity contribution in [2.75, 3.05) is 18.6 Å². The minimum Gasteiger partial charge on any atom is -0.477 e. The number of carboxylic acid groups (broad SMARTS) is 1. The van der Waals surface area contributed by atoms with Crippen molar-refractivity contribution in [2.24, 2.45) is 5.16 Å². The van der Waals surface area contributed by atoms with Gasteiger partial charge >= 0.3 is 11.6 Å². The molecule has 0 spiro atoms. The zero-order chi connectivity index (χ0) is 24.7. The van der Waals surface area contributed by atoms with Gasteiger partial charge in [-0.25, -0.2) is 14.3 Å². The van der Waals surface area contributed by atoms with Crippen LogP contribution in [0.15, 0.2) is 45.6 Å². The van der Waals surface area contributed by atoms with Crippen molar-refractivity contribution >= 4 is 73.4 Å². The Kier molecular flexibility index (Phi) is 6.12. The third kappa shape index (κ3) is 4.11. The van der Waals surface area contributed by atoms with E-state index in [-0.39, 0.29) is 28.8 Å². The highest BCUT2D eigenvalue weighted by Crippen LogP contribution is 2.40. The molecular weight excluding hydrogens is 514 g/mol. The molecule has 0 saturated carbocycles. The van der Waals surface area contributed by atoms with Gasteiger partial charge in [0, 0.05) is 16.7 Å². The number of hydrogen-bond donors (Lipinski definition) is 3. The van der Waals surface area contributed by atoms with E-state index in [9.17, 15) is 19.5 Å². The molecule has 4 N–H and O–H groups in total. The lowest BCUT2D eigenvalue weighted by molar-refractivity contribution is -0.664. The van der Waals surface area contributed by atoms with Crippen LogP contribution in [0.3, 0.4) is 0 Å². The maximum Gasteiger partial charge on any atom is 0.352 e. The van der Waals surface area contributed by atoms with Crippen LogP contribution in [0.2, 0.25) is 0 Å². The number of anilines is 1. The Labute approximate surface area is 210 Å². The highest BCUT2D eigenvalue weighted by atomic mass is 32.2. The number of nitrogens with two attached hydrogens (primary N) is 1. The Morgan fingerprint density at radius 3 is 2.97 bits per heavy atom. The second-order valence-electron chi connectivity index (χ2n) is 7.49. The van der Waals surface area contributed by atoms with Crippen LogP contribution in [0.25, 0.3) is 10.3 Å². The number of rotatable bonds is 7. The van der Waals surface area contributed by atoms with Crippen LogP contribution in [0, 0.1) is 0 Å². The van der Waals surface area contributed by atoms with Crippen molar-refractivity contribution in [3.8, 4) is 0 Å². The number of fused-ring (bicyclic) bond motifs is 2. The minimum atomic E-state index is -1.20. The molecule has 35 heavy (non-hydrogen) atoms. The lowest BCUT2D eigenvalue weighted by Gasteiger charge is -2.49. The molecule has 0 aliphatic carbocycles. The summed E-state index contributed by atoms with van der Waals surface area (Å²) in [6, 6.07) is 2.89. The summed E-state index contributed by atoms with van der Waals surface area (Å²) in [6.07, 6.45) is 1.83. The second-order valence-corrected chi connectivity index (χ2v) is 10.4. The predicted octanol–water partition coefficient (Wildman–Crippen LogP) is 0.412. The van der Waals surface area contributed by atoms with Gasteiger partial charge in [-0.2, -0.15) is 0 Å². The topological polar surface area (TPSA) is 164 Å². The number of carboxylic acids is 1. The van der Waals surface area contributed by atoms with Crippen molar-refractivity contribution in [1.82, 2.24) is 20.2 Å². The molecule has 2 aliphatic rings. The summed E-state index contributed by atoms with van der Waals surface area (Å²) in [6.45, 7) is 0.277. The summed E-state index contributed by atoms with van der Waals surface area (Å²) >= 11 is 4.00. The minimum absolute atomic E-state index is 0.0676. The van der Waals surface area contributed by atoms with E-state index in [4.69, 9.17) is 10.6 Å². The fraction of sp³-hybridized carbons (Fsp3) is 0.250. The number of carbonyl (C=O) groups excluding carboxylic acids is 2. The van der Waals surface area contributed by atoms with Gasteiger partial charge in [-0.15, -0.1) is 23.1 Å². The van der Waals surface area contributed by atoms with E-state index >= 15 is 0 Å². The first kappa shape index (κ1) is 23.2. The number of β-lactam (4-membered cyclic amide) rings is 1. The number of amides is 2. The number of nitrogens with zero attached hydrogens (tertiary/aromatic N) is 5. The standard InChI is InChI=1S/C20H17N7O5S3/c1-32-25-12(10-7-34-20(21)23-10)16(28)24-13-17(29)27-14(19(30)31)9(6-33-18(13)27)5-26-4-2-3-11-15(26)22-8-35-11/h2-4,7-8,13,18H,5-6H2,1H3,(H3-,21,23,24,28,30,31)/p+1/t13?,18-/m0/s1. The van der Waals surface area contributed by atoms with E-state index < -0.39 is 29.2 Å². The number of thiazole rings is 2. The molecule has 3 aromatic rings. The fourth-order valence-corrected chi connectivity index (χ4v) is 6.51. The first-order chi connectivity index (χ1) is 16.9. The number of nitrogen functional groups attached to an aromatic ring is 1. The quantitative estimate of drug-likeness (QED) is 0.169. The summed E-state index contributed by atoms with van der Waals surface area (Å²) < 4.78 is 2.84. The molecule has 5 rings (SSSR count). The van der Waals surface area contributed by atoms with E-state index in [1.165, 1.54) is 35.1 Å². The van der Waals surface area contributed by atoms with Crippen LogP contribution in [0.1, 0.15) is 5.69 Å². The van der Waals surface area contributed by atoms with Crippen LogP contribution in [-0.4, -0.2) is 67.7 Å². The summed E-state index contributed by atoms with van der Waals surface area (Å²) in [4.78, 5) is 52.5. The summed E-state index contributed by atoms with van der Waals surface area (Å²) in [5.74, 6) is -2.02. The Morgan fingerprint density at radius 2 is 2.26 bits per heavy atom. The van der Waals surface area contributed by atoms with E-state index in [2.05, 4.69) is 20.4 Å². The first-order valence-electron chi connectivity index (χ1n) is 10.1. The molecular formula is C20H18N7O5S3+. The van der Waals surface area contributed by atoms with E-state index in [0.29, 0.717) is 11.3 Å². The average Bonchev–Trinajstić information content (AvgIpc) is 3.49. The molecule has 3 aromatic heterocycles. The van der Waals surface area contributed by atoms with Gasteiger partial charge in [0.05, 0.1) is 6.20 Å². The third-order valence-electron chi connectivity index (χ3n) is 5.42. The van der Waals surface area contributed by atoms with Crippen LogP contribution in [0.4, 0.5) is 5.13 Å². The fourth-order valence-electron chi connectivity index (χ4n) is 3.92. The van der Waals surface area contributed by atoms with Gasteiger partial charge in [-0.05, 0) is 17.1 Å². The zero-order valence-electron chi connectivity index (χ0n) is 18.1. The van der Waals surface area contributed by atoms with Gasteiger partial charge in [-0.1, -0.05) is 16.5 Å². The number of hydrogen-bond acceptors (Lipinski definition) is 11. The van der Waals surface area contributed by atoms with Gasteiger partial charge in [0.1, 0.15) is 41.2 Å². The molecule has 2 amide bonds. The third-order valence-corrected chi connectivity index (χ3v) is 8.22. The SMILES string of the molecule is CON=C(C(=O)NC1C(=O)N2C(C(=O)O)=C(C[n+]3cccc4scnc43)CS[C@@H]12)c1csc(N)n1. The first-order valence-corrected chi connectivity index (χ1v) is 12.9. The van der Waals surface area contributed by atoms with Crippen LogP contribution < -0.4 is 15.6 Å². The smallest absolute Gasteiger partial charge is 0.352 e. The highest BCUT2D eigenvalue weighted by molar-refractivity contribution is 8.00. The molecule has 5 heterocycles. The number of nitrogens with one attached hydrogen (secondary N) is 1. The van der Waals surface area contributed by atoms with Gasteiger partial charge < -0.3 is 21.0 Å². The lowest BCUT2D eigenvalue weighted by Crippen LogP contribution is -2.71. The molecule has 12 nitrogen and oxygen atoms in total. The van der Waals surface area contributed by atoms with Gasteiger partial charge in [-0.3, -0.25) is 14.5 Å². The summed E-state index contributed by atoms with van der Waals surface area (Å²) in [7, 11) is 1.28. The Morgan fingerprint density at radius 1 is 1.43 bits per heavy atom. The van der Waals surface area contributed by atoms with Crippen LogP contribution in [0.5, 0.6) is 0 Å². The molecule has 180 valence electrons. The Hall–Kier alpha value is -3.56. The normalized spacial score (nSPS) is 20.0. The number of thioether (sulfide) groups is 1. The number of oxime groups is 1. The molecule has 15 heteroatoms. The molecule has 0 aromatic carbocycles. The van der Waals surface area contributed by atoms with E-state index in [1.54, 1.807) is 10.9 Å². The van der Waals surface area contributed by atoms with Crippen molar-refractivity contribution in [1.29, 1.82) is 0 Å². The number of carbonyl (C=O) groups is 3. The average molecular weight is 533 g/mol. The maximum absolute atomic E-state index is 13.0. The Balaban J connectivity index is 1.38. The maximum atomic E-state index is 13.0. The van der Waals surface area contributed by atoms with Crippen molar-refractivity contribution in [3.63, 3.8) is 0 Å². The largest absolute Gasteiger partial charge is 0.477 e.